The average Bonchev–Trinajstić information content (AvgIpc) is 2.52. The highest BCUT2D eigenvalue weighted by Gasteiger charge is 2.12. The predicted molar refractivity (Wildman–Crippen MR) is 81.6 cm³/mol. The van der Waals surface area contributed by atoms with Crippen LogP contribution in [0.1, 0.15) is 15.9 Å². The minimum Gasteiger partial charge on any atom is -0.496 e. The second kappa shape index (κ2) is 6.65. The summed E-state index contributed by atoms with van der Waals surface area (Å²) in [6, 6.07) is 12.4. The normalized spacial score (nSPS) is 10.0. The van der Waals surface area contributed by atoms with Gasteiger partial charge in [-0.1, -0.05) is 12.1 Å². The van der Waals surface area contributed by atoms with Crippen molar-refractivity contribution in [1.82, 2.24) is 5.32 Å². The van der Waals surface area contributed by atoms with Crippen molar-refractivity contribution in [2.75, 3.05) is 20.0 Å². The topological polar surface area (TPSA) is 73.6 Å². The van der Waals surface area contributed by atoms with Gasteiger partial charge in [-0.15, -0.1) is 0 Å². The predicted octanol–water partition coefficient (Wildman–Crippen LogP) is 2.22. The fraction of sp³-hybridized carbons (Fsp3) is 0.188. The molecule has 5 nitrogen and oxygen atoms in total. The summed E-state index contributed by atoms with van der Waals surface area (Å²) in [4.78, 5) is 12.2. The number of anilines is 1. The third-order valence-corrected chi connectivity index (χ3v) is 3.10. The van der Waals surface area contributed by atoms with Crippen molar-refractivity contribution in [3.05, 3.63) is 53.6 Å². The second-order valence-corrected chi connectivity index (χ2v) is 4.45. The molecule has 0 radical (unpaired) electrons. The minimum atomic E-state index is -0.211. The van der Waals surface area contributed by atoms with E-state index in [1.807, 2.05) is 6.07 Å². The summed E-state index contributed by atoms with van der Waals surface area (Å²) in [6.45, 7) is 0.324. The summed E-state index contributed by atoms with van der Waals surface area (Å²) in [5.41, 5.74) is 7.69. The van der Waals surface area contributed by atoms with Gasteiger partial charge in [0.15, 0.2) is 0 Å². The van der Waals surface area contributed by atoms with Crippen molar-refractivity contribution in [1.29, 1.82) is 0 Å². The molecule has 2 aromatic carbocycles. The van der Waals surface area contributed by atoms with Crippen LogP contribution in [0, 0.1) is 0 Å². The Morgan fingerprint density at radius 2 is 1.81 bits per heavy atom. The van der Waals surface area contributed by atoms with Crippen molar-refractivity contribution in [3.8, 4) is 11.5 Å². The molecule has 5 heteroatoms. The van der Waals surface area contributed by atoms with E-state index in [2.05, 4.69) is 5.32 Å². The first kappa shape index (κ1) is 14.7. The molecule has 0 unspecified atom stereocenters. The number of carbonyl (C=O) groups is 1. The molecule has 0 spiro atoms. The number of benzene rings is 2. The van der Waals surface area contributed by atoms with Crippen molar-refractivity contribution >= 4 is 11.6 Å². The van der Waals surface area contributed by atoms with E-state index in [-0.39, 0.29) is 5.91 Å². The van der Waals surface area contributed by atoms with E-state index in [1.165, 1.54) is 7.11 Å². The average molecular weight is 286 g/mol. The van der Waals surface area contributed by atoms with Crippen LogP contribution >= 0.6 is 0 Å². The van der Waals surface area contributed by atoms with Gasteiger partial charge in [0.1, 0.15) is 11.5 Å². The Balaban J connectivity index is 2.13. The van der Waals surface area contributed by atoms with Gasteiger partial charge >= 0.3 is 0 Å². The van der Waals surface area contributed by atoms with Crippen molar-refractivity contribution < 1.29 is 14.3 Å². The van der Waals surface area contributed by atoms with Gasteiger partial charge in [0.25, 0.3) is 5.91 Å². The molecule has 0 aliphatic heterocycles. The molecular weight excluding hydrogens is 268 g/mol. The monoisotopic (exact) mass is 286 g/mol. The van der Waals surface area contributed by atoms with Crippen LogP contribution < -0.4 is 20.5 Å². The Hall–Kier alpha value is -2.69. The lowest BCUT2D eigenvalue weighted by atomic mass is 10.1. The molecule has 0 aromatic heterocycles. The SMILES string of the molecule is COc1ccc(N)cc1CNC(=O)c1ccccc1OC. The molecule has 0 aliphatic carbocycles. The zero-order valence-corrected chi connectivity index (χ0v) is 12.1. The van der Waals surface area contributed by atoms with E-state index >= 15 is 0 Å². The van der Waals surface area contributed by atoms with Gasteiger partial charge in [0.2, 0.25) is 0 Å². The Morgan fingerprint density at radius 1 is 1.10 bits per heavy atom. The molecule has 0 bridgehead atoms. The van der Waals surface area contributed by atoms with E-state index in [0.717, 1.165) is 5.56 Å². The van der Waals surface area contributed by atoms with Crippen molar-refractivity contribution in [2.24, 2.45) is 0 Å². The highest BCUT2D eigenvalue weighted by molar-refractivity contribution is 5.96. The Kier molecular flexibility index (Phi) is 4.66. The lowest BCUT2D eigenvalue weighted by Gasteiger charge is -2.12. The summed E-state index contributed by atoms with van der Waals surface area (Å²) < 4.78 is 10.4. The van der Waals surface area contributed by atoms with Crippen LogP contribution in [-0.4, -0.2) is 20.1 Å². The van der Waals surface area contributed by atoms with Gasteiger partial charge in [0, 0.05) is 17.8 Å². The van der Waals surface area contributed by atoms with Gasteiger partial charge in [0.05, 0.1) is 19.8 Å². The van der Waals surface area contributed by atoms with Crippen molar-refractivity contribution in [2.45, 2.75) is 6.54 Å². The minimum absolute atomic E-state index is 0.211. The largest absolute Gasteiger partial charge is 0.496 e. The summed E-state index contributed by atoms with van der Waals surface area (Å²) in [5, 5.41) is 2.84. The number of nitrogen functional groups attached to an aromatic ring is 1. The molecule has 0 atom stereocenters. The van der Waals surface area contributed by atoms with E-state index in [9.17, 15) is 4.79 Å². The molecule has 2 aromatic rings. The molecular formula is C16H18N2O3. The fourth-order valence-corrected chi connectivity index (χ4v) is 2.04. The number of rotatable bonds is 5. The number of amides is 1. The molecule has 1 amide bonds. The van der Waals surface area contributed by atoms with Crippen LogP contribution in [0.25, 0.3) is 0 Å². The highest BCUT2D eigenvalue weighted by Crippen LogP contribution is 2.21. The molecule has 0 aliphatic rings. The number of methoxy groups -OCH3 is 2. The summed E-state index contributed by atoms with van der Waals surface area (Å²) in [7, 11) is 3.12. The van der Waals surface area contributed by atoms with Gasteiger partial charge < -0.3 is 20.5 Å². The molecule has 21 heavy (non-hydrogen) atoms. The molecule has 0 fully saturated rings. The number of ether oxygens (including phenoxy) is 2. The standard InChI is InChI=1S/C16H18N2O3/c1-20-14-8-7-12(17)9-11(14)10-18-16(19)13-5-3-4-6-15(13)21-2/h3-9H,10,17H2,1-2H3,(H,18,19). The number of para-hydroxylation sites is 1. The Morgan fingerprint density at radius 3 is 2.52 bits per heavy atom. The van der Waals surface area contributed by atoms with Gasteiger partial charge in [-0.3, -0.25) is 4.79 Å². The smallest absolute Gasteiger partial charge is 0.255 e. The van der Waals surface area contributed by atoms with Gasteiger partial charge in [-0.05, 0) is 30.3 Å². The Labute approximate surface area is 123 Å². The Bertz CT molecular complexity index is 641. The fourth-order valence-electron chi connectivity index (χ4n) is 2.04. The number of hydrogen-bond acceptors (Lipinski definition) is 4. The molecule has 0 saturated carbocycles. The first-order chi connectivity index (χ1) is 10.2. The maximum Gasteiger partial charge on any atom is 0.255 e. The molecule has 0 heterocycles. The van der Waals surface area contributed by atoms with Gasteiger partial charge in [-0.2, -0.15) is 0 Å². The molecule has 110 valence electrons. The van der Waals surface area contributed by atoms with Gasteiger partial charge in [-0.25, -0.2) is 0 Å². The van der Waals surface area contributed by atoms with E-state index in [4.69, 9.17) is 15.2 Å². The number of carbonyl (C=O) groups excluding carboxylic acids is 1. The summed E-state index contributed by atoms with van der Waals surface area (Å²) >= 11 is 0. The molecule has 0 saturated heterocycles. The van der Waals surface area contributed by atoms with E-state index in [1.54, 1.807) is 43.5 Å². The lowest BCUT2D eigenvalue weighted by Crippen LogP contribution is -2.23. The van der Waals surface area contributed by atoms with Crippen molar-refractivity contribution in [3.63, 3.8) is 0 Å². The first-order valence-corrected chi connectivity index (χ1v) is 6.49. The van der Waals surface area contributed by atoms with Crippen LogP contribution in [0.5, 0.6) is 11.5 Å². The first-order valence-electron chi connectivity index (χ1n) is 6.49. The quantitative estimate of drug-likeness (QED) is 0.827. The second-order valence-electron chi connectivity index (χ2n) is 4.45. The zero-order valence-electron chi connectivity index (χ0n) is 12.1. The van der Waals surface area contributed by atoms with E-state index in [0.29, 0.717) is 29.3 Å². The highest BCUT2D eigenvalue weighted by atomic mass is 16.5. The summed E-state index contributed by atoms with van der Waals surface area (Å²) in [6.07, 6.45) is 0. The third-order valence-electron chi connectivity index (χ3n) is 3.10. The van der Waals surface area contributed by atoms with Crippen LogP contribution in [0.4, 0.5) is 5.69 Å². The lowest BCUT2D eigenvalue weighted by molar-refractivity contribution is 0.0947. The maximum absolute atomic E-state index is 12.2. The van der Waals surface area contributed by atoms with Crippen LogP contribution in [0.3, 0.4) is 0 Å². The van der Waals surface area contributed by atoms with Crippen LogP contribution in [0.15, 0.2) is 42.5 Å². The number of hydrogen-bond donors (Lipinski definition) is 2. The van der Waals surface area contributed by atoms with E-state index < -0.39 is 0 Å². The number of nitrogens with one attached hydrogen (secondary N) is 1. The van der Waals surface area contributed by atoms with Crippen LogP contribution in [-0.2, 0) is 6.54 Å². The maximum atomic E-state index is 12.2. The third kappa shape index (κ3) is 3.45. The molecule has 2 rings (SSSR count). The number of nitrogens with two attached hydrogens (primary N) is 1. The molecule has 3 N–H and O–H groups in total. The van der Waals surface area contributed by atoms with Crippen LogP contribution in [0.2, 0.25) is 0 Å². The zero-order chi connectivity index (χ0) is 15.2. The summed E-state index contributed by atoms with van der Waals surface area (Å²) in [5.74, 6) is 1.01.